The Bertz CT molecular complexity index is 901. The van der Waals surface area contributed by atoms with Crippen molar-refractivity contribution in [3.8, 4) is 11.5 Å². The Balaban J connectivity index is 1.76. The van der Waals surface area contributed by atoms with Crippen LogP contribution in [-0.2, 0) is 11.2 Å². The molecule has 0 saturated heterocycles. The lowest BCUT2D eigenvalue weighted by Crippen LogP contribution is -2.41. The summed E-state index contributed by atoms with van der Waals surface area (Å²) in [7, 11) is 3.15. The number of carbonyl (C=O) groups excluding carboxylic acids is 1. The molecule has 2 aromatic rings. The second kappa shape index (κ2) is 7.99. The van der Waals surface area contributed by atoms with Crippen LogP contribution in [0.3, 0.4) is 0 Å². The maximum Gasteiger partial charge on any atom is 0.253 e. The molecule has 27 heavy (non-hydrogen) atoms. The first-order valence-corrected chi connectivity index (χ1v) is 8.58. The van der Waals surface area contributed by atoms with Crippen molar-refractivity contribution in [1.82, 2.24) is 5.32 Å². The Morgan fingerprint density at radius 1 is 1.04 bits per heavy atom. The summed E-state index contributed by atoms with van der Waals surface area (Å²) in [5, 5.41) is 10.9. The number of hydrogen-bond acceptors (Lipinski definition) is 5. The number of nitrogens with zero attached hydrogens (tertiary/aromatic N) is 3. The van der Waals surface area contributed by atoms with Gasteiger partial charge in [-0.15, -0.1) is 5.11 Å². The number of amides is 1. The van der Waals surface area contributed by atoms with Crippen molar-refractivity contribution in [2.45, 2.75) is 26.3 Å². The third-order valence-electron chi connectivity index (χ3n) is 4.15. The average Bonchev–Trinajstić information content (AvgIpc) is 2.63. The van der Waals surface area contributed by atoms with Gasteiger partial charge >= 0.3 is 0 Å². The van der Waals surface area contributed by atoms with E-state index in [9.17, 15) is 4.79 Å². The van der Waals surface area contributed by atoms with E-state index in [2.05, 4.69) is 26.6 Å². The lowest BCUT2D eigenvalue weighted by Gasteiger charge is -2.17. The van der Waals surface area contributed by atoms with Gasteiger partial charge in [0.15, 0.2) is 17.5 Å². The lowest BCUT2D eigenvalue weighted by molar-refractivity contribution is -0.121. The number of hydrogen-bond donors (Lipinski definition) is 1. The number of methoxy groups -OCH3 is 2. The zero-order valence-electron chi connectivity index (χ0n) is 15.8. The molecule has 0 aliphatic carbocycles. The predicted octanol–water partition coefficient (Wildman–Crippen LogP) is 3.50. The quantitative estimate of drug-likeness (QED) is 0.879. The van der Waals surface area contributed by atoms with Gasteiger partial charge in [0.1, 0.15) is 0 Å². The smallest absolute Gasteiger partial charge is 0.253 e. The minimum absolute atomic E-state index is 0.202. The number of guanidine groups is 1. The normalized spacial score (nSPS) is 17.7. The lowest BCUT2D eigenvalue weighted by atomic mass is 10.0. The Morgan fingerprint density at radius 3 is 2.37 bits per heavy atom. The van der Waals surface area contributed by atoms with E-state index in [0.717, 1.165) is 22.4 Å². The number of aliphatic imine (C=N–C) groups is 1. The molecule has 7 heteroatoms. The molecule has 1 atom stereocenters. The molecule has 1 unspecified atom stereocenters. The molecule has 1 aliphatic rings. The van der Waals surface area contributed by atoms with Crippen molar-refractivity contribution in [1.29, 1.82) is 0 Å². The predicted molar refractivity (Wildman–Crippen MR) is 103 cm³/mol. The zero-order valence-corrected chi connectivity index (χ0v) is 15.8. The number of carbonyl (C=O) groups is 1. The summed E-state index contributed by atoms with van der Waals surface area (Å²) in [4.78, 5) is 16.8. The number of aryl methyl sites for hydroxylation is 2. The van der Waals surface area contributed by atoms with Gasteiger partial charge in [-0.25, -0.2) is 4.99 Å². The molecule has 0 spiro atoms. The molecule has 2 aromatic carbocycles. The fraction of sp³-hybridized carbons (Fsp3) is 0.300. The molecule has 1 heterocycles. The molecule has 1 N–H and O–H groups in total. The summed E-state index contributed by atoms with van der Waals surface area (Å²) < 4.78 is 10.5. The van der Waals surface area contributed by atoms with Gasteiger partial charge in [0, 0.05) is 6.42 Å². The molecule has 0 bridgehead atoms. The molecule has 0 radical (unpaired) electrons. The Hall–Kier alpha value is -3.22. The van der Waals surface area contributed by atoms with Crippen LogP contribution in [0, 0.1) is 13.8 Å². The van der Waals surface area contributed by atoms with Crippen LogP contribution < -0.4 is 14.8 Å². The second-order valence-corrected chi connectivity index (χ2v) is 6.40. The van der Waals surface area contributed by atoms with Gasteiger partial charge in [-0.05, 0) is 54.8 Å². The van der Waals surface area contributed by atoms with Gasteiger partial charge in [0.25, 0.3) is 5.91 Å². The fourth-order valence-corrected chi connectivity index (χ4v) is 2.95. The molecule has 7 nitrogen and oxygen atoms in total. The van der Waals surface area contributed by atoms with Gasteiger partial charge in [0.05, 0.1) is 19.9 Å². The fourth-order valence-electron chi connectivity index (χ4n) is 2.95. The molecular formula is C20H22N4O3. The van der Waals surface area contributed by atoms with E-state index in [4.69, 9.17) is 9.47 Å². The third kappa shape index (κ3) is 4.49. The van der Waals surface area contributed by atoms with E-state index in [1.807, 2.05) is 38.1 Å². The molecule has 3 rings (SSSR count). The van der Waals surface area contributed by atoms with Crippen molar-refractivity contribution in [3.63, 3.8) is 0 Å². The highest BCUT2D eigenvalue weighted by molar-refractivity contribution is 6.02. The molecule has 1 amide bonds. The summed E-state index contributed by atoms with van der Waals surface area (Å²) in [6.45, 7) is 3.99. The summed E-state index contributed by atoms with van der Waals surface area (Å²) >= 11 is 0. The number of azo groups is 1. The number of nitrogens with one attached hydrogen (secondary N) is 1. The number of rotatable bonds is 5. The van der Waals surface area contributed by atoms with Crippen molar-refractivity contribution >= 4 is 17.6 Å². The minimum Gasteiger partial charge on any atom is -0.493 e. The van der Waals surface area contributed by atoms with Crippen LogP contribution in [0.4, 0.5) is 5.69 Å². The average molecular weight is 366 g/mol. The number of ether oxygens (including phenoxy) is 2. The van der Waals surface area contributed by atoms with E-state index in [1.54, 1.807) is 20.3 Å². The molecule has 0 fully saturated rings. The topological polar surface area (TPSA) is 84.6 Å². The number of benzene rings is 2. The van der Waals surface area contributed by atoms with Gasteiger partial charge in [-0.2, -0.15) is 5.11 Å². The maximum absolute atomic E-state index is 12.4. The zero-order chi connectivity index (χ0) is 19.4. The van der Waals surface area contributed by atoms with Crippen LogP contribution in [-0.4, -0.2) is 32.1 Å². The molecular weight excluding hydrogens is 344 g/mol. The highest BCUT2D eigenvalue weighted by Gasteiger charge is 2.24. The minimum atomic E-state index is -0.610. The summed E-state index contributed by atoms with van der Waals surface area (Å²) in [6, 6.07) is 10.8. The third-order valence-corrected chi connectivity index (χ3v) is 4.15. The van der Waals surface area contributed by atoms with Crippen LogP contribution >= 0.6 is 0 Å². The van der Waals surface area contributed by atoms with E-state index in [0.29, 0.717) is 17.9 Å². The largest absolute Gasteiger partial charge is 0.493 e. The Kier molecular flexibility index (Phi) is 5.49. The highest BCUT2D eigenvalue weighted by atomic mass is 16.5. The molecule has 1 aliphatic heterocycles. The Morgan fingerprint density at radius 2 is 1.74 bits per heavy atom. The van der Waals surface area contributed by atoms with E-state index >= 15 is 0 Å². The van der Waals surface area contributed by atoms with Crippen LogP contribution in [0.25, 0.3) is 0 Å². The standard InChI is InChI=1S/C20H22N4O3/c1-12-7-13(2)9-15(8-12)21-20-22-19(25)16(23-24-20)10-14-5-6-17(26-3)18(11-14)27-4/h5-9,11,16H,10H2,1-4H3,(H,21,22,25). The molecule has 140 valence electrons. The second-order valence-electron chi connectivity index (χ2n) is 6.40. The van der Waals surface area contributed by atoms with Crippen molar-refractivity contribution in [3.05, 3.63) is 53.1 Å². The first-order chi connectivity index (χ1) is 13.0. The van der Waals surface area contributed by atoms with Gasteiger partial charge in [0.2, 0.25) is 5.96 Å². The highest BCUT2D eigenvalue weighted by Crippen LogP contribution is 2.28. The SMILES string of the molecule is COc1ccc(CC2N=NC(=Nc3cc(C)cc(C)c3)NC2=O)cc1OC. The Labute approximate surface area is 158 Å². The van der Waals surface area contributed by atoms with Gasteiger partial charge < -0.3 is 9.47 Å². The van der Waals surface area contributed by atoms with E-state index in [-0.39, 0.29) is 11.9 Å². The summed E-state index contributed by atoms with van der Waals surface area (Å²) in [5.74, 6) is 1.22. The summed E-state index contributed by atoms with van der Waals surface area (Å²) in [5.41, 5.74) is 3.83. The maximum atomic E-state index is 12.4. The van der Waals surface area contributed by atoms with Crippen molar-refractivity contribution < 1.29 is 14.3 Å². The van der Waals surface area contributed by atoms with E-state index in [1.165, 1.54) is 0 Å². The van der Waals surface area contributed by atoms with Crippen LogP contribution in [0.5, 0.6) is 11.5 Å². The van der Waals surface area contributed by atoms with Gasteiger partial charge in [-0.1, -0.05) is 12.1 Å². The van der Waals surface area contributed by atoms with Crippen molar-refractivity contribution in [2.24, 2.45) is 15.2 Å². The van der Waals surface area contributed by atoms with Crippen LogP contribution in [0.15, 0.2) is 51.6 Å². The van der Waals surface area contributed by atoms with Crippen LogP contribution in [0.2, 0.25) is 0 Å². The van der Waals surface area contributed by atoms with Crippen molar-refractivity contribution in [2.75, 3.05) is 14.2 Å². The first-order valence-electron chi connectivity index (χ1n) is 8.58. The molecule has 0 saturated carbocycles. The first kappa shape index (κ1) is 18.6. The summed E-state index contributed by atoms with van der Waals surface area (Å²) in [6.07, 6.45) is 0.409. The molecule has 0 aromatic heterocycles. The van der Waals surface area contributed by atoms with Crippen LogP contribution in [0.1, 0.15) is 16.7 Å². The monoisotopic (exact) mass is 366 g/mol. The van der Waals surface area contributed by atoms with E-state index < -0.39 is 6.04 Å². The van der Waals surface area contributed by atoms with Gasteiger partial charge in [-0.3, -0.25) is 10.1 Å².